The van der Waals surface area contributed by atoms with Gasteiger partial charge in [0, 0.05) is 31.7 Å². The van der Waals surface area contributed by atoms with Gasteiger partial charge in [-0.15, -0.1) is 0 Å². The Labute approximate surface area is 136 Å². The summed E-state index contributed by atoms with van der Waals surface area (Å²) in [5.41, 5.74) is 1.36. The fourth-order valence-corrected chi connectivity index (χ4v) is 3.92. The summed E-state index contributed by atoms with van der Waals surface area (Å²) in [6.45, 7) is 5.65. The molecule has 1 aromatic carbocycles. The van der Waals surface area contributed by atoms with Gasteiger partial charge in [0.2, 0.25) is 0 Å². The number of methoxy groups -OCH3 is 1. The van der Waals surface area contributed by atoms with E-state index in [1.807, 2.05) is 0 Å². The molecule has 2 unspecified atom stereocenters. The van der Waals surface area contributed by atoms with Gasteiger partial charge >= 0.3 is 0 Å². The fourth-order valence-electron chi connectivity index (χ4n) is 3.34. The van der Waals surface area contributed by atoms with E-state index in [4.69, 9.17) is 4.74 Å². The van der Waals surface area contributed by atoms with Gasteiger partial charge in [-0.1, -0.05) is 13.0 Å². The van der Waals surface area contributed by atoms with E-state index in [2.05, 4.69) is 51.3 Å². The van der Waals surface area contributed by atoms with Gasteiger partial charge in [0.15, 0.2) is 0 Å². The molecule has 2 aliphatic rings. The Morgan fingerprint density at radius 3 is 2.81 bits per heavy atom. The van der Waals surface area contributed by atoms with Crippen LogP contribution in [0.1, 0.15) is 31.7 Å². The number of halogens is 1. The van der Waals surface area contributed by atoms with Crippen molar-refractivity contribution < 1.29 is 4.74 Å². The average molecular weight is 353 g/mol. The lowest BCUT2D eigenvalue weighted by atomic mass is 10.0. The van der Waals surface area contributed by atoms with E-state index >= 15 is 0 Å². The van der Waals surface area contributed by atoms with Crippen molar-refractivity contribution in [3.63, 3.8) is 0 Å². The lowest BCUT2D eigenvalue weighted by Crippen LogP contribution is -2.56. The maximum atomic E-state index is 5.32. The second-order valence-corrected chi connectivity index (χ2v) is 7.17. The molecule has 3 nitrogen and oxygen atoms in total. The molecule has 4 heteroatoms. The zero-order valence-corrected chi connectivity index (χ0v) is 14.5. The molecule has 0 bridgehead atoms. The molecular weight excluding hydrogens is 328 g/mol. The van der Waals surface area contributed by atoms with Gasteiger partial charge < -0.3 is 10.1 Å². The van der Waals surface area contributed by atoms with Crippen molar-refractivity contribution in [1.82, 2.24) is 10.2 Å². The van der Waals surface area contributed by atoms with E-state index in [1.54, 1.807) is 7.11 Å². The standard InChI is InChI=1S/C17H25BrN2O/c1-3-14-9-19-16(13-5-6-13)11-20(14)10-12-4-7-17(21-2)15(18)8-12/h4,7-8,13-14,16,19H,3,5-6,9-11H2,1-2H3. The number of ether oxygens (including phenoxy) is 1. The first kappa shape index (κ1) is 15.3. The summed E-state index contributed by atoms with van der Waals surface area (Å²) in [5.74, 6) is 1.83. The van der Waals surface area contributed by atoms with Gasteiger partial charge in [-0.25, -0.2) is 0 Å². The summed E-state index contributed by atoms with van der Waals surface area (Å²) in [6.07, 6.45) is 4.04. The molecular formula is C17H25BrN2O. The van der Waals surface area contributed by atoms with E-state index in [-0.39, 0.29) is 0 Å². The monoisotopic (exact) mass is 352 g/mol. The predicted molar refractivity (Wildman–Crippen MR) is 89.7 cm³/mol. The van der Waals surface area contributed by atoms with Gasteiger partial charge in [-0.05, 0) is 58.8 Å². The minimum atomic E-state index is 0.654. The number of nitrogens with zero attached hydrogens (tertiary/aromatic N) is 1. The third kappa shape index (κ3) is 3.61. The fraction of sp³-hybridized carbons (Fsp3) is 0.647. The summed E-state index contributed by atoms with van der Waals surface area (Å²) in [6, 6.07) is 7.79. The lowest BCUT2D eigenvalue weighted by Gasteiger charge is -2.40. The Hall–Kier alpha value is -0.580. The highest BCUT2D eigenvalue weighted by Crippen LogP contribution is 2.35. The first-order valence-corrected chi connectivity index (χ1v) is 8.80. The molecule has 1 aliphatic carbocycles. The number of hydrogen-bond donors (Lipinski definition) is 1. The van der Waals surface area contributed by atoms with Gasteiger partial charge in [0.1, 0.15) is 5.75 Å². The topological polar surface area (TPSA) is 24.5 Å². The van der Waals surface area contributed by atoms with Crippen molar-refractivity contribution in [2.24, 2.45) is 5.92 Å². The van der Waals surface area contributed by atoms with Crippen molar-refractivity contribution in [3.05, 3.63) is 28.2 Å². The van der Waals surface area contributed by atoms with Crippen LogP contribution in [0.4, 0.5) is 0 Å². The molecule has 116 valence electrons. The molecule has 1 saturated heterocycles. The largest absolute Gasteiger partial charge is 0.496 e. The van der Waals surface area contributed by atoms with Crippen molar-refractivity contribution in [3.8, 4) is 5.75 Å². The highest BCUT2D eigenvalue weighted by molar-refractivity contribution is 9.10. The van der Waals surface area contributed by atoms with E-state index < -0.39 is 0 Å². The first-order valence-electron chi connectivity index (χ1n) is 8.01. The zero-order valence-electron chi connectivity index (χ0n) is 12.9. The molecule has 1 N–H and O–H groups in total. The van der Waals surface area contributed by atoms with E-state index in [0.717, 1.165) is 29.2 Å². The zero-order chi connectivity index (χ0) is 14.8. The van der Waals surface area contributed by atoms with Gasteiger partial charge in [-0.3, -0.25) is 4.90 Å². The summed E-state index contributed by atoms with van der Waals surface area (Å²) < 4.78 is 6.36. The van der Waals surface area contributed by atoms with Crippen LogP contribution in [-0.2, 0) is 6.54 Å². The average Bonchev–Trinajstić information content (AvgIpc) is 3.32. The summed E-state index contributed by atoms with van der Waals surface area (Å²) in [5, 5.41) is 3.76. The minimum absolute atomic E-state index is 0.654. The van der Waals surface area contributed by atoms with Crippen LogP contribution in [0.15, 0.2) is 22.7 Å². The maximum absolute atomic E-state index is 5.32. The molecule has 1 saturated carbocycles. The van der Waals surface area contributed by atoms with E-state index in [1.165, 1.54) is 31.4 Å². The Kier molecular flexibility index (Phi) is 4.87. The SMILES string of the molecule is CCC1CNC(C2CC2)CN1Cc1ccc(OC)c(Br)c1. The van der Waals surface area contributed by atoms with Gasteiger partial charge in [0.05, 0.1) is 11.6 Å². The molecule has 2 fully saturated rings. The molecule has 0 radical (unpaired) electrons. The highest BCUT2D eigenvalue weighted by atomic mass is 79.9. The number of benzene rings is 1. The third-order valence-corrected chi connectivity index (χ3v) is 5.45. The molecule has 2 atom stereocenters. The minimum Gasteiger partial charge on any atom is -0.496 e. The van der Waals surface area contributed by atoms with E-state index in [0.29, 0.717) is 12.1 Å². The van der Waals surface area contributed by atoms with Crippen LogP contribution >= 0.6 is 15.9 Å². The Balaban J connectivity index is 1.69. The van der Waals surface area contributed by atoms with Crippen LogP contribution < -0.4 is 10.1 Å². The summed E-state index contributed by atoms with van der Waals surface area (Å²) >= 11 is 3.59. The van der Waals surface area contributed by atoms with Crippen molar-refractivity contribution in [2.45, 2.75) is 44.8 Å². The van der Waals surface area contributed by atoms with Crippen molar-refractivity contribution >= 4 is 15.9 Å². The number of hydrogen-bond acceptors (Lipinski definition) is 3. The van der Waals surface area contributed by atoms with Crippen LogP contribution in [0, 0.1) is 5.92 Å². The molecule has 1 aromatic rings. The number of rotatable bonds is 5. The normalized spacial score (nSPS) is 26.8. The maximum Gasteiger partial charge on any atom is 0.133 e. The molecule has 0 amide bonds. The number of piperazine rings is 1. The molecule has 21 heavy (non-hydrogen) atoms. The Bertz CT molecular complexity index is 490. The quantitative estimate of drug-likeness (QED) is 0.878. The Morgan fingerprint density at radius 1 is 1.38 bits per heavy atom. The third-order valence-electron chi connectivity index (χ3n) is 4.83. The molecule has 0 spiro atoms. The van der Waals surface area contributed by atoms with Crippen LogP contribution in [0.2, 0.25) is 0 Å². The second-order valence-electron chi connectivity index (χ2n) is 6.31. The molecule has 0 aromatic heterocycles. The van der Waals surface area contributed by atoms with Crippen molar-refractivity contribution in [1.29, 1.82) is 0 Å². The molecule has 3 rings (SSSR count). The van der Waals surface area contributed by atoms with Crippen LogP contribution in [0.5, 0.6) is 5.75 Å². The van der Waals surface area contributed by atoms with E-state index in [9.17, 15) is 0 Å². The second kappa shape index (κ2) is 6.67. The lowest BCUT2D eigenvalue weighted by molar-refractivity contribution is 0.111. The summed E-state index contributed by atoms with van der Waals surface area (Å²) in [4.78, 5) is 2.66. The van der Waals surface area contributed by atoms with Gasteiger partial charge in [0.25, 0.3) is 0 Å². The summed E-state index contributed by atoms with van der Waals surface area (Å²) in [7, 11) is 1.71. The number of nitrogens with one attached hydrogen (secondary N) is 1. The first-order chi connectivity index (χ1) is 10.2. The van der Waals surface area contributed by atoms with Gasteiger partial charge in [-0.2, -0.15) is 0 Å². The Morgan fingerprint density at radius 2 is 2.19 bits per heavy atom. The molecule has 1 heterocycles. The smallest absolute Gasteiger partial charge is 0.133 e. The van der Waals surface area contributed by atoms with Crippen molar-refractivity contribution in [2.75, 3.05) is 20.2 Å². The molecule has 1 aliphatic heterocycles. The van der Waals surface area contributed by atoms with Crippen LogP contribution in [0.25, 0.3) is 0 Å². The highest BCUT2D eigenvalue weighted by Gasteiger charge is 2.36. The van der Waals surface area contributed by atoms with Crippen LogP contribution in [0.3, 0.4) is 0 Å². The van der Waals surface area contributed by atoms with Crippen LogP contribution in [-0.4, -0.2) is 37.2 Å². The predicted octanol–water partition coefficient (Wildman–Crippen LogP) is 3.42.